The van der Waals surface area contributed by atoms with Gasteiger partial charge in [0.2, 0.25) is 0 Å². The van der Waals surface area contributed by atoms with Gasteiger partial charge in [-0.25, -0.2) is 0 Å². The van der Waals surface area contributed by atoms with Crippen LogP contribution in [0.15, 0.2) is 16.5 Å². The van der Waals surface area contributed by atoms with Crippen molar-refractivity contribution in [1.29, 1.82) is 0 Å². The second-order valence-electron chi connectivity index (χ2n) is 6.80. The number of furan rings is 1. The molecule has 2 heterocycles. The molecular formula is C18H30N2O2. The minimum absolute atomic E-state index is 0.294. The van der Waals surface area contributed by atoms with Crippen LogP contribution in [0.4, 0.5) is 0 Å². The maximum atomic E-state index is 9.43. The minimum atomic E-state index is 0.294. The lowest BCUT2D eigenvalue weighted by molar-refractivity contribution is 0.0242. The number of aryl methyl sites for hydroxylation is 1. The summed E-state index contributed by atoms with van der Waals surface area (Å²) in [4.78, 5) is 5.17. The van der Waals surface area contributed by atoms with Crippen LogP contribution in [0.1, 0.15) is 50.5 Å². The number of hydrogen-bond acceptors (Lipinski definition) is 4. The number of piperazine rings is 1. The molecule has 4 nitrogen and oxygen atoms in total. The van der Waals surface area contributed by atoms with E-state index in [1.54, 1.807) is 0 Å². The summed E-state index contributed by atoms with van der Waals surface area (Å²) in [5.74, 6) is 2.15. The monoisotopic (exact) mass is 306 g/mol. The lowest BCUT2D eigenvalue weighted by Gasteiger charge is -2.44. The Morgan fingerprint density at radius 1 is 1.18 bits per heavy atom. The van der Waals surface area contributed by atoms with Gasteiger partial charge in [-0.2, -0.15) is 0 Å². The van der Waals surface area contributed by atoms with E-state index in [9.17, 15) is 5.11 Å². The van der Waals surface area contributed by atoms with Crippen molar-refractivity contribution < 1.29 is 9.52 Å². The molecule has 0 aromatic carbocycles. The number of hydrogen-bond donors (Lipinski definition) is 1. The molecule has 0 bridgehead atoms. The van der Waals surface area contributed by atoms with Gasteiger partial charge in [0.05, 0.1) is 6.54 Å². The topological polar surface area (TPSA) is 39.9 Å². The molecule has 1 N–H and O–H groups in total. The second kappa shape index (κ2) is 7.62. The van der Waals surface area contributed by atoms with E-state index in [0.717, 1.165) is 56.6 Å². The van der Waals surface area contributed by atoms with Gasteiger partial charge in [-0.1, -0.05) is 19.8 Å². The molecule has 124 valence electrons. The third-order valence-electron chi connectivity index (χ3n) is 5.31. The fraction of sp³-hybridized carbons (Fsp3) is 0.778. The zero-order valence-corrected chi connectivity index (χ0v) is 13.8. The van der Waals surface area contributed by atoms with Crippen LogP contribution in [0.5, 0.6) is 0 Å². The average Bonchev–Trinajstić information content (AvgIpc) is 3.19. The van der Waals surface area contributed by atoms with E-state index in [1.807, 2.05) is 0 Å². The Balaban J connectivity index is 1.59. The summed E-state index contributed by atoms with van der Waals surface area (Å²) in [6.07, 6.45) is 7.31. The van der Waals surface area contributed by atoms with E-state index in [2.05, 4.69) is 28.9 Å². The third kappa shape index (κ3) is 3.73. The highest BCUT2D eigenvalue weighted by molar-refractivity contribution is 5.07. The molecule has 1 saturated carbocycles. The van der Waals surface area contributed by atoms with Crippen LogP contribution in [0.25, 0.3) is 0 Å². The molecule has 1 saturated heterocycles. The van der Waals surface area contributed by atoms with Crippen LogP contribution in [-0.2, 0) is 13.0 Å². The lowest BCUT2D eigenvalue weighted by atomic mass is 10.0. The number of aliphatic hydroxyl groups excluding tert-OH is 1. The fourth-order valence-electron chi connectivity index (χ4n) is 4.12. The molecule has 1 aliphatic carbocycles. The molecule has 0 spiro atoms. The Morgan fingerprint density at radius 3 is 2.64 bits per heavy atom. The van der Waals surface area contributed by atoms with Gasteiger partial charge in [-0.3, -0.25) is 9.80 Å². The molecule has 22 heavy (non-hydrogen) atoms. The van der Waals surface area contributed by atoms with E-state index in [-0.39, 0.29) is 0 Å². The first-order valence-corrected chi connectivity index (χ1v) is 8.96. The fourth-order valence-corrected chi connectivity index (χ4v) is 4.12. The van der Waals surface area contributed by atoms with E-state index >= 15 is 0 Å². The van der Waals surface area contributed by atoms with Gasteiger partial charge in [0, 0.05) is 44.7 Å². The molecule has 1 unspecified atom stereocenters. The van der Waals surface area contributed by atoms with Gasteiger partial charge in [0.1, 0.15) is 11.5 Å². The van der Waals surface area contributed by atoms with Gasteiger partial charge in [-0.15, -0.1) is 0 Å². The maximum absolute atomic E-state index is 9.43. The highest BCUT2D eigenvalue weighted by Gasteiger charge is 2.33. The standard InChI is InChI=1S/C18H30N2O2/c1-2-17-7-8-18(22-17)14-19-10-11-20(15-5-3-4-6-15)16(13-19)9-12-21/h7-8,15-16,21H,2-6,9-14H2,1H3. The Kier molecular flexibility index (Phi) is 5.55. The Labute approximate surface area is 134 Å². The molecule has 0 radical (unpaired) electrons. The molecule has 2 aliphatic rings. The van der Waals surface area contributed by atoms with Crippen molar-refractivity contribution >= 4 is 0 Å². The highest BCUT2D eigenvalue weighted by Crippen LogP contribution is 2.28. The van der Waals surface area contributed by atoms with Crippen molar-refractivity contribution in [3.63, 3.8) is 0 Å². The van der Waals surface area contributed by atoms with Crippen molar-refractivity contribution in [3.8, 4) is 0 Å². The van der Waals surface area contributed by atoms with Crippen LogP contribution in [0.3, 0.4) is 0 Å². The van der Waals surface area contributed by atoms with Gasteiger partial charge in [0.25, 0.3) is 0 Å². The largest absolute Gasteiger partial charge is 0.465 e. The van der Waals surface area contributed by atoms with Crippen molar-refractivity contribution in [2.75, 3.05) is 26.2 Å². The zero-order valence-electron chi connectivity index (χ0n) is 13.8. The molecule has 1 atom stereocenters. The number of aliphatic hydroxyl groups is 1. The van der Waals surface area contributed by atoms with Crippen LogP contribution in [0.2, 0.25) is 0 Å². The van der Waals surface area contributed by atoms with E-state index in [0.29, 0.717) is 12.6 Å². The maximum Gasteiger partial charge on any atom is 0.118 e. The normalized spacial score (nSPS) is 25.1. The summed E-state index contributed by atoms with van der Waals surface area (Å²) in [5, 5.41) is 9.43. The summed E-state index contributed by atoms with van der Waals surface area (Å²) in [5.41, 5.74) is 0. The van der Waals surface area contributed by atoms with Gasteiger partial charge in [0.15, 0.2) is 0 Å². The molecule has 1 aromatic heterocycles. The van der Waals surface area contributed by atoms with Crippen molar-refractivity contribution in [1.82, 2.24) is 9.80 Å². The Hall–Kier alpha value is -0.840. The van der Waals surface area contributed by atoms with Crippen LogP contribution < -0.4 is 0 Å². The summed E-state index contributed by atoms with van der Waals surface area (Å²) in [7, 11) is 0. The summed E-state index contributed by atoms with van der Waals surface area (Å²) in [6, 6.07) is 5.47. The molecule has 4 heteroatoms. The number of rotatable bonds is 6. The van der Waals surface area contributed by atoms with E-state index in [1.165, 1.54) is 25.7 Å². The van der Waals surface area contributed by atoms with Gasteiger partial charge >= 0.3 is 0 Å². The predicted molar refractivity (Wildman–Crippen MR) is 87.8 cm³/mol. The second-order valence-corrected chi connectivity index (χ2v) is 6.80. The molecule has 0 amide bonds. The molecule has 2 fully saturated rings. The van der Waals surface area contributed by atoms with Gasteiger partial charge < -0.3 is 9.52 Å². The summed E-state index contributed by atoms with van der Waals surface area (Å²) < 4.78 is 5.85. The van der Waals surface area contributed by atoms with Crippen molar-refractivity contribution in [2.24, 2.45) is 0 Å². The molecule has 3 rings (SSSR count). The zero-order chi connectivity index (χ0) is 15.4. The SMILES string of the molecule is CCc1ccc(CN2CCN(C3CCCC3)C(CCO)C2)o1. The lowest BCUT2D eigenvalue weighted by Crippen LogP contribution is -2.55. The Morgan fingerprint density at radius 2 is 1.95 bits per heavy atom. The first kappa shape index (κ1) is 16.0. The van der Waals surface area contributed by atoms with Crippen LogP contribution in [-0.4, -0.2) is 53.2 Å². The highest BCUT2D eigenvalue weighted by atomic mass is 16.3. The molecule has 1 aliphatic heterocycles. The number of nitrogens with zero attached hydrogens (tertiary/aromatic N) is 2. The Bertz CT molecular complexity index is 454. The van der Waals surface area contributed by atoms with E-state index < -0.39 is 0 Å². The summed E-state index contributed by atoms with van der Waals surface area (Å²) >= 11 is 0. The van der Waals surface area contributed by atoms with Crippen LogP contribution >= 0.6 is 0 Å². The first-order valence-electron chi connectivity index (χ1n) is 8.96. The van der Waals surface area contributed by atoms with Crippen LogP contribution in [0, 0.1) is 0 Å². The predicted octanol–water partition coefficient (Wildman–Crippen LogP) is 2.65. The van der Waals surface area contributed by atoms with E-state index in [4.69, 9.17) is 4.42 Å². The average molecular weight is 306 g/mol. The van der Waals surface area contributed by atoms with Crippen molar-refractivity contribution in [3.05, 3.63) is 23.7 Å². The minimum Gasteiger partial charge on any atom is -0.465 e. The quantitative estimate of drug-likeness (QED) is 0.877. The summed E-state index contributed by atoms with van der Waals surface area (Å²) in [6.45, 7) is 6.62. The van der Waals surface area contributed by atoms with Crippen molar-refractivity contribution in [2.45, 2.75) is 64.1 Å². The smallest absolute Gasteiger partial charge is 0.118 e. The molecular weight excluding hydrogens is 276 g/mol. The first-order chi connectivity index (χ1) is 10.8. The van der Waals surface area contributed by atoms with Gasteiger partial charge in [-0.05, 0) is 31.4 Å². The molecule has 1 aromatic rings. The third-order valence-corrected chi connectivity index (χ3v) is 5.31.